The van der Waals surface area contributed by atoms with Gasteiger partial charge in [0.1, 0.15) is 6.54 Å². The van der Waals surface area contributed by atoms with Crippen LogP contribution in [0.1, 0.15) is 32.2 Å². The summed E-state index contributed by atoms with van der Waals surface area (Å²) < 4.78 is 1.84. The maximum absolute atomic E-state index is 11.8. The van der Waals surface area contributed by atoms with Crippen LogP contribution < -0.4 is 10.7 Å². The number of hydrogen-bond acceptors (Lipinski definition) is 2. The van der Waals surface area contributed by atoms with Crippen LogP contribution in [-0.4, -0.2) is 16.0 Å². The number of hydrogen-bond donors (Lipinski definition) is 1. The number of pyridine rings is 1. The van der Waals surface area contributed by atoms with Crippen molar-refractivity contribution in [1.29, 1.82) is 0 Å². The van der Waals surface area contributed by atoms with Gasteiger partial charge in [-0.15, -0.1) is 0 Å². The smallest absolute Gasteiger partial charge is 0.240 e. The van der Waals surface area contributed by atoms with Crippen LogP contribution in [-0.2, 0) is 11.3 Å². The zero-order chi connectivity index (χ0) is 13.2. The molecule has 0 fully saturated rings. The molecule has 0 radical (unpaired) electrons. The average molecular weight is 236 g/mol. The molecule has 1 N–H and O–H groups in total. The van der Waals surface area contributed by atoms with Gasteiger partial charge in [0.2, 0.25) is 5.91 Å². The van der Waals surface area contributed by atoms with Gasteiger partial charge in [0, 0.05) is 29.1 Å². The summed E-state index contributed by atoms with van der Waals surface area (Å²) in [4.78, 5) is 23.1. The molecule has 1 rings (SSSR count). The van der Waals surface area contributed by atoms with Crippen molar-refractivity contribution in [2.45, 2.75) is 46.7 Å². The molecule has 1 amide bonds. The van der Waals surface area contributed by atoms with E-state index in [4.69, 9.17) is 0 Å². The Balaban J connectivity index is 2.90. The van der Waals surface area contributed by atoms with E-state index in [1.165, 1.54) is 12.1 Å². The highest BCUT2D eigenvalue weighted by Crippen LogP contribution is 2.03. The fraction of sp³-hybridized carbons (Fsp3) is 0.538. The fourth-order valence-corrected chi connectivity index (χ4v) is 1.74. The molecule has 0 unspecified atom stereocenters. The van der Waals surface area contributed by atoms with Gasteiger partial charge in [0.25, 0.3) is 0 Å². The molecule has 1 aromatic heterocycles. The molecule has 0 aliphatic carbocycles. The molecule has 4 heteroatoms. The second kappa shape index (κ2) is 4.73. The van der Waals surface area contributed by atoms with Crippen LogP contribution in [0.3, 0.4) is 0 Å². The molecule has 94 valence electrons. The monoisotopic (exact) mass is 236 g/mol. The second-order valence-electron chi connectivity index (χ2n) is 5.36. The lowest BCUT2D eigenvalue weighted by Crippen LogP contribution is -2.42. The van der Waals surface area contributed by atoms with Crippen LogP contribution in [0.25, 0.3) is 0 Å². The Morgan fingerprint density at radius 1 is 1.24 bits per heavy atom. The number of carbonyl (C=O) groups excluding carboxylic acids is 1. The Morgan fingerprint density at radius 2 is 1.71 bits per heavy atom. The Bertz CT molecular complexity index is 455. The maximum atomic E-state index is 11.8. The molecular weight excluding hydrogens is 216 g/mol. The first kappa shape index (κ1) is 13.5. The third-order valence-corrected chi connectivity index (χ3v) is 2.37. The van der Waals surface area contributed by atoms with Gasteiger partial charge in [-0.05, 0) is 34.6 Å². The third kappa shape index (κ3) is 4.06. The van der Waals surface area contributed by atoms with Crippen molar-refractivity contribution >= 4 is 5.91 Å². The van der Waals surface area contributed by atoms with E-state index in [0.29, 0.717) is 0 Å². The van der Waals surface area contributed by atoms with E-state index in [0.717, 1.165) is 11.4 Å². The topological polar surface area (TPSA) is 51.1 Å². The van der Waals surface area contributed by atoms with Crippen molar-refractivity contribution in [2.75, 3.05) is 0 Å². The number of nitrogens with one attached hydrogen (secondary N) is 1. The van der Waals surface area contributed by atoms with E-state index in [1.54, 1.807) is 0 Å². The van der Waals surface area contributed by atoms with E-state index in [9.17, 15) is 9.59 Å². The lowest BCUT2D eigenvalue weighted by atomic mass is 10.1. The molecule has 17 heavy (non-hydrogen) atoms. The van der Waals surface area contributed by atoms with E-state index in [2.05, 4.69) is 5.32 Å². The first-order valence-corrected chi connectivity index (χ1v) is 5.68. The lowest BCUT2D eigenvalue weighted by molar-refractivity contribution is -0.123. The minimum Gasteiger partial charge on any atom is -0.350 e. The molecule has 0 atom stereocenters. The zero-order valence-corrected chi connectivity index (χ0v) is 11.1. The summed E-state index contributed by atoms with van der Waals surface area (Å²) in [6.07, 6.45) is 0. The second-order valence-corrected chi connectivity index (χ2v) is 5.36. The van der Waals surface area contributed by atoms with Crippen LogP contribution >= 0.6 is 0 Å². The average Bonchev–Trinajstić information content (AvgIpc) is 2.08. The molecule has 0 aromatic carbocycles. The van der Waals surface area contributed by atoms with Crippen molar-refractivity contribution in [3.05, 3.63) is 33.7 Å². The van der Waals surface area contributed by atoms with Crippen molar-refractivity contribution in [1.82, 2.24) is 9.88 Å². The van der Waals surface area contributed by atoms with Gasteiger partial charge in [0.15, 0.2) is 5.43 Å². The molecule has 0 aliphatic heterocycles. The van der Waals surface area contributed by atoms with Crippen LogP contribution in [0.4, 0.5) is 0 Å². The summed E-state index contributed by atoms with van der Waals surface area (Å²) >= 11 is 0. The van der Waals surface area contributed by atoms with Gasteiger partial charge in [-0.1, -0.05) is 0 Å². The van der Waals surface area contributed by atoms with Crippen molar-refractivity contribution in [3.63, 3.8) is 0 Å². The highest BCUT2D eigenvalue weighted by Gasteiger charge is 2.14. The van der Waals surface area contributed by atoms with Crippen molar-refractivity contribution < 1.29 is 4.79 Å². The summed E-state index contributed by atoms with van der Waals surface area (Å²) in [6.45, 7) is 9.73. The van der Waals surface area contributed by atoms with Crippen LogP contribution in [0.5, 0.6) is 0 Å². The van der Waals surface area contributed by atoms with Gasteiger partial charge >= 0.3 is 0 Å². The van der Waals surface area contributed by atoms with Crippen molar-refractivity contribution in [2.24, 2.45) is 0 Å². The first-order chi connectivity index (χ1) is 7.69. The Labute approximate surface area is 102 Å². The normalized spacial score (nSPS) is 11.4. The third-order valence-electron chi connectivity index (χ3n) is 2.37. The van der Waals surface area contributed by atoms with Gasteiger partial charge in [-0.2, -0.15) is 0 Å². The van der Waals surface area contributed by atoms with Crippen LogP contribution in [0.15, 0.2) is 16.9 Å². The summed E-state index contributed by atoms with van der Waals surface area (Å²) in [5.41, 5.74) is 1.35. The molecule has 0 aliphatic rings. The number of carbonyl (C=O) groups is 1. The summed E-state index contributed by atoms with van der Waals surface area (Å²) in [5.74, 6) is -0.0488. The number of nitrogens with zero attached hydrogens (tertiary/aromatic N) is 1. The number of amides is 1. The molecule has 1 heterocycles. The van der Waals surface area contributed by atoms with Crippen LogP contribution in [0.2, 0.25) is 0 Å². The predicted molar refractivity (Wildman–Crippen MR) is 68.1 cm³/mol. The standard InChI is InChI=1S/C13H20N2O2/c1-9-6-11(16)7-10(2)15(9)8-12(17)14-13(3,4)5/h6-7H,8H2,1-5H3,(H,14,17). The van der Waals surface area contributed by atoms with Gasteiger partial charge in [-0.25, -0.2) is 0 Å². The van der Waals surface area contributed by atoms with Gasteiger partial charge < -0.3 is 9.88 Å². The highest BCUT2D eigenvalue weighted by molar-refractivity contribution is 5.76. The van der Waals surface area contributed by atoms with Gasteiger partial charge in [0.05, 0.1) is 0 Å². The first-order valence-electron chi connectivity index (χ1n) is 5.68. The van der Waals surface area contributed by atoms with E-state index in [-0.39, 0.29) is 23.4 Å². The molecule has 0 bridgehead atoms. The van der Waals surface area contributed by atoms with Crippen molar-refractivity contribution in [3.8, 4) is 0 Å². The fourth-order valence-electron chi connectivity index (χ4n) is 1.74. The maximum Gasteiger partial charge on any atom is 0.240 e. The lowest BCUT2D eigenvalue weighted by Gasteiger charge is -2.22. The van der Waals surface area contributed by atoms with Crippen LogP contribution in [0, 0.1) is 13.8 Å². The van der Waals surface area contributed by atoms with E-state index >= 15 is 0 Å². The molecular formula is C13H20N2O2. The summed E-state index contributed by atoms with van der Waals surface area (Å²) in [5, 5.41) is 2.90. The molecule has 1 aromatic rings. The SMILES string of the molecule is Cc1cc(=O)cc(C)n1CC(=O)NC(C)(C)C. The molecule has 0 saturated carbocycles. The van der Waals surface area contributed by atoms with E-state index in [1.807, 2.05) is 39.2 Å². The molecule has 4 nitrogen and oxygen atoms in total. The Hall–Kier alpha value is -1.58. The highest BCUT2D eigenvalue weighted by atomic mass is 16.2. The number of aryl methyl sites for hydroxylation is 2. The minimum atomic E-state index is -0.238. The Kier molecular flexibility index (Phi) is 3.76. The zero-order valence-electron chi connectivity index (χ0n) is 11.1. The number of rotatable bonds is 2. The quantitative estimate of drug-likeness (QED) is 0.843. The van der Waals surface area contributed by atoms with E-state index < -0.39 is 0 Å². The predicted octanol–water partition coefficient (Wildman–Crippen LogP) is 1.38. The Morgan fingerprint density at radius 3 is 2.12 bits per heavy atom. The summed E-state index contributed by atoms with van der Waals surface area (Å²) in [6, 6.07) is 3.08. The van der Waals surface area contributed by atoms with Gasteiger partial charge in [-0.3, -0.25) is 9.59 Å². The minimum absolute atomic E-state index is 0.0209. The largest absolute Gasteiger partial charge is 0.350 e. The molecule has 0 spiro atoms. The molecule has 0 saturated heterocycles. The number of aromatic nitrogens is 1. The summed E-state index contributed by atoms with van der Waals surface area (Å²) in [7, 11) is 0.